The van der Waals surface area contributed by atoms with E-state index in [9.17, 15) is 14.3 Å². The van der Waals surface area contributed by atoms with Crippen LogP contribution < -0.4 is 10.6 Å². The summed E-state index contributed by atoms with van der Waals surface area (Å²) in [6, 6.07) is 7.07. The predicted octanol–water partition coefficient (Wildman–Crippen LogP) is 1.95. The molecular weight excluding hydrogens is 263 g/mol. The molecule has 0 aliphatic heterocycles. The molecule has 1 heterocycles. The summed E-state index contributed by atoms with van der Waals surface area (Å²) in [7, 11) is 0. The number of carbonyl (C=O) groups excluding carboxylic acids is 1. The van der Waals surface area contributed by atoms with Crippen LogP contribution in [0.3, 0.4) is 0 Å². The van der Waals surface area contributed by atoms with Crippen LogP contribution in [0.4, 0.5) is 9.18 Å². The van der Waals surface area contributed by atoms with Crippen molar-refractivity contribution in [2.75, 3.05) is 6.54 Å². The average molecular weight is 278 g/mol. The van der Waals surface area contributed by atoms with E-state index in [1.165, 1.54) is 24.7 Å². The van der Waals surface area contributed by atoms with Crippen molar-refractivity contribution in [1.29, 1.82) is 0 Å². The van der Waals surface area contributed by atoms with Crippen LogP contribution >= 0.6 is 0 Å². The van der Waals surface area contributed by atoms with Gasteiger partial charge < -0.3 is 20.2 Å². The van der Waals surface area contributed by atoms with Crippen molar-refractivity contribution in [3.63, 3.8) is 0 Å². The lowest BCUT2D eigenvalue weighted by Crippen LogP contribution is -2.37. The first-order valence-corrected chi connectivity index (χ1v) is 6.11. The van der Waals surface area contributed by atoms with E-state index in [1.54, 1.807) is 18.2 Å². The molecule has 0 saturated heterocycles. The maximum Gasteiger partial charge on any atom is 0.315 e. The highest BCUT2D eigenvalue weighted by atomic mass is 19.1. The Hall–Kier alpha value is -2.34. The summed E-state index contributed by atoms with van der Waals surface area (Å²) in [6.45, 7) is 0.364. The molecule has 1 aromatic heterocycles. The maximum absolute atomic E-state index is 12.7. The molecule has 0 saturated carbocycles. The SMILES string of the molecule is O=C(NCc1ccc(F)cc1)NCC(O)c1ccoc1. The highest BCUT2D eigenvalue weighted by molar-refractivity contribution is 5.73. The second-order valence-electron chi connectivity index (χ2n) is 4.26. The van der Waals surface area contributed by atoms with Gasteiger partial charge >= 0.3 is 6.03 Å². The topological polar surface area (TPSA) is 74.5 Å². The molecule has 2 rings (SSSR count). The molecule has 106 valence electrons. The van der Waals surface area contributed by atoms with Gasteiger partial charge in [-0.2, -0.15) is 0 Å². The highest BCUT2D eigenvalue weighted by Gasteiger charge is 2.10. The zero-order chi connectivity index (χ0) is 14.4. The fourth-order valence-corrected chi connectivity index (χ4v) is 1.62. The fourth-order valence-electron chi connectivity index (χ4n) is 1.62. The summed E-state index contributed by atoms with van der Waals surface area (Å²) in [5.41, 5.74) is 1.39. The van der Waals surface area contributed by atoms with Crippen molar-refractivity contribution in [3.05, 3.63) is 59.8 Å². The van der Waals surface area contributed by atoms with Crippen LogP contribution in [0.5, 0.6) is 0 Å². The van der Waals surface area contributed by atoms with E-state index in [-0.39, 0.29) is 18.9 Å². The summed E-state index contributed by atoms with van der Waals surface area (Å²) in [6.07, 6.45) is 2.06. The van der Waals surface area contributed by atoms with Crippen molar-refractivity contribution < 1.29 is 18.7 Å². The van der Waals surface area contributed by atoms with Crippen LogP contribution in [-0.2, 0) is 6.54 Å². The van der Waals surface area contributed by atoms with Gasteiger partial charge in [0.05, 0.1) is 18.6 Å². The maximum atomic E-state index is 12.7. The molecule has 0 radical (unpaired) electrons. The lowest BCUT2D eigenvalue weighted by atomic mass is 10.2. The average Bonchev–Trinajstić information content (AvgIpc) is 2.98. The van der Waals surface area contributed by atoms with Crippen molar-refractivity contribution in [1.82, 2.24) is 10.6 Å². The third-order valence-electron chi connectivity index (χ3n) is 2.75. The number of aliphatic hydroxyl groups excluding tert-OH is 1. The molecule has 5 nitrogen and oxygen atoms in total. The van der Waals surface area contributed by atoms with Gasteiger partial charge in [0.1, 0.15) is 5.82 Å². The van der Waals surface area contributed by atoms with Gasteiger partial charge in [-0.3, -0.25) is 0 Å². The molecular formula is C14H15FN2O3. The highest BCUT2D eigenvalue weighted by Crippen LogP contribution is 2.11. The predicted molar refractivity (Wildman–Crippen MR) is 70.3 cm³/mol. The van der Waals surface area contributed by atoms with Crippen molar-refractivity contribution in [2.24, 2.45) is 0 Å². The minimum Gasteiger partial charge on any atom is -0.472 e. The number of nitrogens with one attached hydrogen (secondary N) is 2. The van der Waals surface area contributed by atoms with E-state index in [2.05, 4.69) is 10.6 Å². The molecule has 0 aliphatic carbocycles. The number of furan rings is 1. The zero-order valence-corrected chi connectivity index (χ0v) is 10.7. The van der Waals surface area contributed by atoms with Crippen LogP contribution in [0.1, 0.15) is 17.2 Å². The molecule has 0 spiro atoms. The van der Waals surface area contributed by atoms with Crippen LogP contribution in [-0.4, -0.2) is 17.7 Å². The molecule has 0 aliphatic rings. The monoisotopic (exact) mass is 278 g/mol. The summed E-state index contributed by atoms with van der Waals surface area (Å²) in [5.74, 6) is -0.318. The van der Waals surface area contributed by atoms with Gasteiger partial charge in [-0.15, -0.1) is 0 Å². The number of urea groups is 1. The lowest BCUT2D eigenvalue weighted by molar-refractivity contribution is 0.172. The number of aliphatic hydroxyl groups is 1. The fraction of sp³-hybridized carbons (Fsp3) is 0.214. The number of halogens is 1. The number of amides is 2. The van der Waals surface area contributed by atoms with Gasteiger partial charge in [-0.25, -0.2) is 9.18 Å². The van der Waals surface area contributed by atoms with Gasteiger partial charge in [-0.1, -0.05) is 12.1 Å². The summed E-state index contributed by atoms with van der Waals surface area (Å²) < 4.78 is 17.5. The quantitative estimate of drug-likeness (QED) is 0.782. The van der Waals surface area contributed by atoms with Gasteiger partial charge in [0, 0.05) is 18.7 Å². The van der Waals surface area contributed by atoms with E-state index in [4.69, 9.17) is 4.42 Å². The van der Waals surface area contributed by atoms with Gasteiger partial charge in [0.15, 0.2) is 0 Å². The molecule has 20 heavy (non-hydrogen) atoms. The minimum absolute atomic E-state index is 0.0782. The zero-order valence-electron chi connectivity index (χ0n) is 10.7. The smallest absolute Gasteiger partial charge is 0.315 e. The summed E-state index contributed by atoms with van der Waals surface area (Å²) in [4.78, 5) is 11.5. The Morgan fingerprint density at radius 1 is 1.25 bits per heavy atom. The van der Waals surface area contributed by atoms with E-state index in [0.717, 1.165) is 5.56 Å². The first-order valence-electron chi connectivity index (χ1n) is 6.11. The van der Waals surface area contributed by atoms with E-state index >= 15 is 0 Å². The Bertz CT molecular complexity index is 540. The van der Waals surface area contributed by atoms with Gasteiger partial charge in [0.2, 0.25) is 0 Å². The Kier molecular flexibility index (Phi) is 4.73. The Balaban J connectivity index is 1.71. The van der Waals surface area contributed by atoms with Crippen LogP contribution in [0.15, 0.2) is 47.3 Å². The summed E-state index contributed by atoms with van der Waals surface area (Å²) >= 11 is 0. The third kappa shape index (κ3) is 4.10. The standard InChI is InChI=1S/C14H15FN2O3/c15-12-3-1-10(2-4-12)7-16-14(19)17-8-13(18)11-5-6-20-9-11/h1-6,9,13,18H,7-8H2,(H2,16,17,19). The van der Waals surface area contributed by atoms with Crippen molar-refractivity contribution >= 4 is 6.03 Å². The van der Waals surface area contributed by atoms with E-state index in [0.29, 0.717) is 5.56 Å². The Morgan fingerprint density at radius 2 is 2.00 bits per heavy atom. The molecule has 1 unspecified atom stereocenters. The number of benzene rings is 1. The second-order valence-corrected chi connectivity index (χ2v) is 4.26. The van der Waals surface area contributed by atoms with Crippen molar-refractivity contribution in [2.45, 2.75) is 12.6 Å². The van der Waals surface area contributed by atoms with Crippen LogP contribution in [0.2, 0.25) is 0 Å². The molecule has 3 N–H and O–H groups in total. The normalized spacial score (nSPS) is 11.9. The number of rotatable bonds is 5. The van der Waals surface area contributed by atoms with Gasteiger partial charge in [-0.05, 0) is 23.8 Å². The van der Waals surface area contributed by atoms with E-state index in [1.807, 2.05) is 0 Å². The second kappa shape index (κ2) is 6.72. The van der Waals surface area contributed by atoms with Gasteiger partial charge in [0.25, 0.3) is 0 Å². The third-order valence-corrected chi connectivity index (χ3v) is 2.75. The largest absolute Gasteiger partial charge is 0.472 e. The molecule has 2 amide bonds. The summed E-state index contributed by atoms with van der Waals surface area (Å²) in [5, 5.41) is 14.9. The molecule has 1 atom stereocenters. The van der Waals surface area contributed by atoms with Crippen LogP contribution in [0.25, 0.3) is 0 Å². The van der Waals surface area contributed by atoms with Crippen LogP contribution in [0, 0.1) is 5.82 Å². The minimum atomic E-state index is -0.815. The van der Waals surface area contributed by atoms with Crippen molar-refractivity contribution in [3.8, 4) is 0 Å². The number of hydrogen-bond donors (Lipinski definition) is 3. The molecule has 1 aromatic carbocycles. The lowest BCUT2D eigenvalue weighted by Gasteiger charge is -2.11. The molecule has 0 bridgehead atoms. The Labute approximate surface area is 115 Å². The first-order chi connectivity index (χ1) is 9.65. The molecule has 2 aromatic rings. The molecule has 6 heteroatoms. The number of carbonyl (C=O) groups is 1. The Morgan fingerprint density at radius 3 is 2.65 bits per heavy atom. The number of hydrogen-bond acceptors (Lipinski definition) is 3. The first kappa shape index (κ1) is 14.1. The van der Waals surface area contributed by atoms with E-state index < -0.39 is 12.1 Å². The molecule has 0 fully saturated rings.